The number of aryl methyl sites for hydroxylation is 1. The Morgan fingerprint density at radius 1 is 1.24 bits per heavy atom. The molecule has 0 unspecified atom stereocenters. The molecule has 2 heterocycles. The summed E-state index contributed by atoms with van der Waals surface area (Å²) in [4.78, 5) is 2.42. The van der Waals surface area contributed by atoms with Crippen molar-refractivity contribution in [2.24, 2.45) is 7.05 Å². The Hall–Kier alpha value is -1.68. The fourth-order valence-electron chi connectivity index (χ4n) is 2.39. The van der Waals surface area contributed by atoms with Crippen LogP contribution in [0.25, 0.3) is 0 Å². The van der Waals surface area contributed by atoms with E-state index in [9.17, 15) is 0 Å². The molecule has 1 aliphatic rings. The third kappa shape index (κ3) is 2.22. The Morgan fingerprint density at radius 2 is 2.06 bits per heavy atom. The van der Waals surface area contributed by atoms with E-state index in [1.807, 2.05) is 13.2 Å². The molecule has 4 nitrogen and oxygen atoms in total. The second-order valence-corrected chi connectivity index (χ2v) is 4.61. The summed E-state index contributed by atoms with van der Waals surface area (Å²) in [6, 6.07) is 8.69. The summed E-state index contributed by atoms with van der Waals surface area (Å²) in [5.74, 6) is 0. The van der Waals surface area contributed by atoms with Gasteiger partial charge in [0.05, 0.1) is 5.69 Å². The highest BCUT2D eigenvalue weighted by atomic mass is 15.4. The van der Waals surface area contributed by atoms with Gasteiger partial charge in [-0.05, 0) is 17.5 Å². The Morgan fingerprint density at radius 3 is 2.82 bits per heavy atom. The van der Waals surface area contributed by atoms with Gasteiger partial charge in [0.2, 0.25) is 0 Å². The average Bonchev–Trinajstić information content (AvgIpc) is 2.75. The molecule has 0 N–H and O–H groups in total. The third-order valence-electron chi connectivity index (χ3n) is 3.25. The SMILES string of the molecule is Cn1cc(CN2CCc3ccccc3C2)nn1. The van der Waals surface area contributed by atoms with Crippen molar-refractivity contribution in [2.75, 3.05) is 6.54 Å². The number of benzene rings is 1. The minimum atomic E-state index is 0.891. The van der Waals surface area contributed by atoms with Gasteiger partial charge >= 0.3 is 0 Å². The third-order valence-corrected chi connectivity index (χ3v) is 3.25. The van der Waals surface area contributed by atoms with E-state index in [0.717, 1.165) is 31.7 Å². The molecule has 0 spiro atoms. The van der Waals surface area contributed by atoms with Crippen molar-refractivity contribution in [3.05, 3.63) is 47.3 Å². The molecular formula is C13H16N4. The van der Waals surface area contributed by atoms with E-state index in [4.69, 9.17) is 0 Å². The van der Waals surface area contributed by atoms with E-state index in [2.05, 4.69) is 39.5 Å². The molecule has 0 saturated carbocycles. The average molecular weight is 228 g/mol. The Labute approximate surface area is 101 Å². The van der Waals surface area contributed by atoms with Gasteiger partial charge in [-0.15, -0.1) is 5.10 Å². The maximum atomic E-state index is 4.14. The second kappa shape index (κ2) is 4.30. The van der Waals surface area contributed by atoms with Crippen LogP contribution in [0.4, 0.5) is 0 Å². The Kier molecular flexibility index (Phi) is 2.65. The van der Waals surface area contributed by atoms with E-state index >= 15 is 0 Å². The second-order valence-electron chi connectivity index (χ2n) is 4.61. The van der Waals surface area contributed by atoms with Crippen LogP contribution in [0.5, 0.6) is 0 Å². The first-order chi connectivity index (χ1) is 8.31. The molecule has 0 amide bonds. The summed E-state index contributed by atoms with van der Waals surface area (Å²) < 4.78 is 1.76. The lowest BCUT2D eigenvalue weighted by molar-refractivity contribution is 0.242. The lowest BCUT2D eigenvalue weighted by atomic mass is 10.00. The molecule has 0 radical (unpaired) electrons. The van der Waals surface area contributed by atoms with Crippen LogP contribution >= 0.6 is 0 Å². The van der Waals surface area contributed by atoms with Gasteiger partial charge in [-0.25, -0.2) is 0 Å². The number of aromatic nitrogens is 3. The number of hydrogen-bond acceptors (Lipinski definition) is 3. The molecule has 0 bridgehead atoms. The summed E-state index contributed by atoms with van der Waals surface area (Å²) in [6.45, 7) is 3.02. The van der Waals surface area contributed by atoms with Crippen molar-refractivity contribution < 1.29 is 0 Å². The van der Waals surface area contributed by atoms with E-state index in [0.29, 0.717) is 0 Å². The molecule has 0 fully saturated rings. The molecular weight excluding hydrogens is 212 g/mol. The predicted octanol–water partition coefficient (Wildman–Crippen LogP) is 1.37. The zero-order chi connectivity index (χ0) is 11.7. The maximum absolute atomic E-state index is 4.14. The highest BCUT2D eigenvalue weighted by Crippen LogP contribution is 2.19. The lowest BCUT2D eigenvalue weighted by Crippen LogP contribution is -2.30. The lowest BCUT2D eigenvalue weighted by Gasteiger charge is -2.27. The van der Waals surface area contributed by atoms with E-state index in [1.165, 1.54) is 11.1 Å². The summed E-state index contributed by atoms with van der Waals surface area (Å²) in [7, 11) is 1.90. The molecule has 1 aromatic heterocycles. The van der Waals surface area contributed by atoms with Gasteiger partial charge in [-0.1, -0.05) is 29.5 Å². The zero-order valence-electron chi connectivity index (χ0n) is 10.0. The van der Waals surface area contributed by atoms with Gasteiger partial charge in [0.1, 0.15) is 0 Å². The highest BCUT2D eigenvalue weighted by molar-refractivity contribution is 5.29. The highest BCUT2D eigenvalue weighted by Gasteiger charge is 2.16. The zero-order valence-corrected chi connectivity index (χ0v) is 10.0. The first kappa shape index (κ1) is 10.5. The normalized spacial score (nSPS) is 15.8. The summed E-state index contributed by atoms with van der Waals surface area (Å²) in [5.41, 5.74) is 3.98. The largest absolute Gasteiger partial charge is 0.293 e. The molecule has 2 aromatic rings. The molecule has 17 heavy (non-hydrogen) atoms. The van der Waals surface area contributed by atoms with E-state index < -0.39 is 0 Å². The van der Waals surface area contributed by atoms with Crippen LogP contribution in [-0.4, -0.2) is 26.4 Å². The molecule has 0 atom stereocenters. The monoisotopic (exact) mass is 228 g/mol. The van der Waals surface area contributed by atoms with Crippen LogP contribution in [0.1, 0.15) is 16.8 Å². The van der Waals surface area contributed by atoms with Crippen molar-refractivity contribution in [3.63, 3.8) is 0 Å². The summed E-state index contributed by atoms with van der Waals surface area (Å²) in [6.07, 6.45) is 3.12. The van der Waals surface area contributed by atoms with Gasteiger partial charge in [0.25, 0.3) is 0 Å². The molecule has 3 rings (SSSR count). The van der Waals surface area contributed by atoms with Crippen LogP contribution in [-0.2, 0) is 26.6 Å². The molecule has 1 aliphatic heterocycles. The first-order valence-corrected chi connectivity index (χ1v) is 5.95. The summed E-state index contributed by atoms with van der Waals surface area (Å²) in [5, 5.41) is 8.10. The quantitative estimate of drug-likeness (QED) is 0.778. The molecule has 88 valence electrons. The summed E-state index contributed by atoms with van der Waals surface area (Å²) >= 11 is 0. The molecule has 0 aliphatic carbocycles. The fraction of sp³-hybridized carbons (Fsp3) is 0.385. The minimum Gasteiger partial charge on any atom is -0.293 e. The van der Waals surface area contributed by atoms with Crippen molar-refractivity contribution in [1.29, 1.82) is 0 Å². The standard InChI is InChI=1S/C13H16N4/c1-16-9-13(14-15-16)10-17-7-6-11-4-2-3-5-12(11)8-17/h2-5,9H,6-8,10H2,1H3. The van der Waals surface area contributed by atoms with Crippen LogP contribution in [0, 0.1) is 0 Å². The smallest absolute Gasteiger partial charge is 0.0967 e. The number of fused-ring (bicyclic) bond motifs is 1. The van der Waals surface area contributed by atoms with Gasteiger partial charge in [0, 0.05) is 32.9 Å². The number of hydrogen-bond donors (Lipinski definition) is 0. The van der Waals surface area contributed by atoms with Crippen molar-refractivity contribution in [2.45, 2.75) is 19.5 Å². The van der Waals surface area contributed by atoms with Crippen LogP contribution in [0.3, 0.4) is 0 Å². The van der Waals surface area contributed by atoms with Gasteiger partial charge in [-0.2, -0.15) is 0 Å². The van der Waals surface area contributed by atoms with Crippen molar-refractivity contribution in [3.8, 4) is 0 Å². The van der Waals surface area contributed by atoms with Gasteiger partial charge in [0.15, 0.2) is 0 Å². The molecule has 1 aromatic carbocycles. The van der Waals surface area contributed by atoms with Crippen LogP contribution in [0.15, 0.2) is 30.5 Å². The van der Waals surface area contributed by atoms with E-state index in [1.54, 1.807) is 4.68 Å². The van der Waals surface area contributed by atoms with E-state index in [-0.39, 0.29) is 0 Å². The molecule has 0 saturated heterocycles. The van der Waals surface area contributed by atoms with Gasteiger partial charge < -0.3 is 0 Å². The van der Waals surface area contributed by atoms with Crippen molar-refractivity contribution in [1.82, 2.24) is 19.9 Å². The Balaban J connectivity index is 1.72. The minimum absolute atomic E-state index is 0.891. The fourth-order valence-corrected chi connectivity index (χ4v) is 2.39. The predicted molar refractivity (Wildman–Crippen MR) is 65.3 cm³/mol. The maximum Gasteiger partial charge on any atom is 0.0967 e. The Bertz CT molecular complexity index is 518. The topological polar surface area (TPSA) is 34.0 Å². The van der Waals surface area contributed by atoms with Crippen LogP contribution in [0.2, 0.25) is 0 Å². The first-order valence-electron chi connectivity index (χ1n) is 5.95. The van der Waals surface area contributed by atoms with Crippen LogP contribution < -0.4 is 0 Å². The van der Waals surface area contributed by atoms with Crippen molar-refractivity contribution >= 4 is 0 Å². The number of rotatable bonds is 2. The van der Waals surface area contributed by atoms with Gasteiger partial charge in [-0.3, -0.25) is 9.58 Å². The molecule has 4 heteroatoms. The number of nitrogens with zero attached hydrogens (tertiary/aromatic N) is 4.